The van der Waals surface area contributed by atoms with Gasteiger partial charge in [-0.2, -0.15) is 0 Å². The molecule has 2 rings (SSSR count). The second-order valence-corrected chi connectivity index (χ2v) is 4.68. The van der Waals surface area contributed by atoms with Crippen LogP contribution in [0.15, 0.2) is 40.8 Å². The second-order valence-electron chi connectivity index (χ2n) is 4.68. The fourth-order valence-corrected chi connectivity index (χ4v) is 1.98. The lowest BCUT2D eigenvalue weighted by atomic mass is 10.1. The van der Waals surface area contributed by atoms with Gasteiger partial charge in [0.2, 0.25) is 5.76 Å². The Kier molecular flexibility index (Phi) is 5.00. The molecule has 0 amide bonds. The molecular weight excluding hydrogens is 270 g/mol. The van der Waals surface area contributed by atoms with Crippen molar-refractivity contribution in [3.05, 3.63) is 53.5 Å². The zero-order valence-corrected chi connectivity index (χ0v) is 12.1. The maximum absolute atomic E-state index is 10.7. The number of ether oxygens (including phenoxy) is 1. The van der Waals surface area contributed by atoms with Gasteiger partial charge in [-0.05, 0) is 43.7 Å². The van der Waals surface area contributed by atoms with Gasteiger partial charge in [0.1, 0.15) is 11.5 Å². The molecule has 1 aromatic carbocycles. The van der Waals surface area contributed by atoms with E-state index in [9.17, 15) is 4.79 Å². The van der Waals surface area contributed by atoms with Crippen LogP contribution in [0.1, 0.15) is 41.8 Å². The summed E-state index contributed by atoms with van der Waals surface area (Å²) >= 11 is 0. The second kappa shape index (κ2) is 6.95. The SMILES string of the molecule is CCOc1ccc(C(C)NCc2ccc(C(=O)O)o2)cc1. The third-order valence-corrected chi connectivity index (χ3v) is 3.15. The minimum absolute atomic E-state index is 0.0412. The number of carboxylic acids is 1. The number of rotatable bonds is 7. The molecule has 0 bridgehead atoms. The smallest absolute Gasteiger partial charge is 0.371 e. The molecule has 1 unspecified atom stereocenters. The Bertz CT molecular complexity index is 589. The first-order valence-electron chi connectivity index (χ1n) is 6.88. The Labute approximate surface area is 123 Å². The summed E-state index contributed by atoms with van der Waals surface area (Å²) in [6.45, 7) is 5.11. The van der Waals surface area contributed by atoms with Crippen molar-refractivity contribution in [3.8, 4) is 5.75 Å². The topological polar surface area (TPSA) is 71.7 Å². The number of benzene rings is 1. The Hall–Kier alpha value is -2.27. The average Bonchev–Trinajstić information content (AvgIpc) is 2.95. The minimum Gasteiger partial charge on any atom is -0.494 e. The first kappa shape index (κ1) is 15.1. The molecule has 2 aromatic rings. The van der Waals surface area contributed by atoms with Crippen LogP contribution in [0.5, 0.6) is 5.75 Å². The van der Waals surface area contributed by atoms with Crippen LogP contribution >= 0.6 is 0 Å². The third kappa shape index (κ3) is 4.10. The summed E-state index contributed by atoms with van der Waals surface area (Å²) < 4.78 is 10.6. The Morgan fingerprint density at radius 1 is 1.29 bits per heavy atom. The van der Waals surface area contributed by atoms with Gasteiger partial charge in [-0.1, -0.05) is 12.1 Å². The van der Waals surface area contributed by atoms with E-state index in [4.69, 9.17) is 14.3 Å². The molecule has 0 fully saturated rings. The highest BCUT2D eigenvalue weighted by molar-refractivity contribution is 5.84. The predicted octanol–water partition coefficient (Wildman–Crippen LogP) is 3.23. The van der Waals surface area contributed by atoms with E-state index in [1.54, 1.807) is 6.07 Å². The fraction of sp³-hybridized carbons (Fsp3) is 0.312. The number of carboxylic acid groups (broad SMARTS) is 1. The van der Waals surface area contributed by atoms with Crippen molar-refractivity contribution in [1.82, 2.24) is 5.32 Å². The maximum atomic E-state index is 10.7. The fourth-order valence-electron chi connectivity index (χ4n) is 1.98. The van der Waals surface area contributed by atoms with Crippen molar-refractivity contribution in [1.29, 1.82) is 0 Å². The van der Waals surface area contributed by atoms with Gasteiger partial charge in [-0.3, -0.25) is 0 Å². The van der Waals surface area contributed by atoms with Crippen LogP contribution < -0.4 is 10.1 Å². The average molecular weight is 289 g/mol. The summed E-state index contributed by atoms with van der Waals surface area (Å²) in [4.78, 5) is 10.7. The highest BCUT2D eigenvalue weighted by atomic mass is 16.5. The largest absolute Gasteiger partial charge is 0.494 e. The Morgan fingerprint density at radius 2 is 2.00 bits per heavy atom. The number of furan rings is 1. The standard InChI is InChI=1S/C16H19NO4/c1-3-20-13-6-4-12(5-7-13)11(2)17-10-14-8-9-15(21-14)16(18)19/h4-9,11,17H,3,10H2,1-2H3,(H,18,19). The molecule has 0 radical (unpaired) electrons. The minimum atomic E-state index is -1.05. The molecule has 0 spiro atoms. The summed E-state index contributed by atoms with van der Waals surface area (Å²) in [7, 11) is 0. The summed E-state index contributed by atoms with van der Waals surface area (Å²) in [6, 6.07) is 11.1. The van der Waals surface area contributed by atoms with Gasteiger partial charge in [0.15, 0.2) is 0 Å². The molecule has 0 aliphatic heterocycles. The number of aromatic carboxylic acids is 1. The normalized spacial score (nSPS) is 12.1. The number of hydrogen-bond donors (Lipinski definition) is 2. The van der Waals surface area contributed by atoms with Gasteiger partial charge in [0, 0.05) is 6.04 Å². The first-order valence-corrected chi connectivity index (χ1v) is 6.88. The Balaban J connectivity index is 1.91. The monoisotopic (exact) mass is 289 g/mol. The third-order valence-electron chi connectivity index (χ3n) is 3.15. The van der Waals surface area contributed by atoms with E-state index in [1.165, 1.54) is 6.07 Å². The highest BCUT2D eigenvalue weighted by Gasteiger charge is 2.10. The van der Waals surface area contributed by atoms with Crippen LogP contribution in [0.4, 0.5) is 0 Å². The maximum Gasteiger partial charge on any atom is 0.371 e. The lowest BCUT2D eigenvalue weighted by molar-refractivity contribution is 0.0660. The van der Waals surface area contributed by atoms with Crippen molar-refractivity contribution in [3.63, 3.8) is 0 Å². The van der Waals surface area contributed by atoms with E-state index < -0.39 is 5.97 Å². The molecule has 5 nitrogen and oxygen atoms in total. The number of nitrogens with one attached hydrogen (secondary N) is 1. The van der Waals surface area contributed by atoms with Crippen LogP contribution in [-0.2, 0) is 6.54 Å². The van der Waals surface area contributed by atoms with Gasteiger partial charge in [-0.25, -0.2) is 4.79 Å². The molecule has 21 heavy (non-hydrogen) atoms. The van der Waals surface area contributed by atoms with E-state index in [0.29, 0.717) is 18.9 Å². The number of carbonyl (C=O) groups is 1. The summed E-state index contributed by atoms with van der Waals surface area (Å²) in [5.41, 5.74) is 1.13. The van der Waals surface area contributed by atoms with Crippen LogP contribution in [0, 0.1) is 0 Å². The van der Waals surface area contributed by atoms with Crippen LogP contribution in [-0.4, -0.2) is 17.7 Å². The van der Waals surface area contributed by atoms with E-state index in [-0.39, 0.29) is 11.8 Å². The van der Waals surface area contributed by atoms with Gasteiger partial charge >= 0.3 is 5.97 Å². The zero-order chi connectivity index (χ0) is 15.2. The molecule has 1 atom stereocenters. The lowest BCUT2D eigenvalue weighted by Gasteiger charge is -2.14. The molecule has 1 aromatic heterocycles. The van der Waals surface area contributed by atoms with Crippen molar-refractivity contribution >= 4 is 5.97 Å². The molecule has 0 aliphatic carbocycles. The van der Waals surface area contributed by atoms with E-state index in [2.05, 4.69) is 5.32 Å². The van der Waals surface area contributed by atoms with Crippen LogP contribution in [0.25, 0.3) is 0 Å². The summed E-state index contributed by atoms with van der Waals surface area (Å²) in [5.74, 6) is 0.358. The molecule has 0 saturated heterocycles. The summed E-state index contributed by atoms with van der Waals surface area (Å²) in [6.07, 6.45) is 0. The van der Waals surface area contributed by atoms with Crippen molar-refractivity contribution in [2.75, 3.05) is 6.61 Å². The first-order chi connectivity index (χ1) is 10.1. The lowest BCUT2D eigenvalue weighted by Crippen LogP contribution is -2.17. The molecular formula is C16H19NO4. The van der Waals surface area contributed by atoms with Crippen LogP contribution in [0.2, 0.25) is 0 Å². The van der Waals surface area contributed by atoms with Gasteiger partial charge in [-0.15, -0.1) is 0 Å². The van der Waals surface area contributed by atoms with E-state index >= 15 is 0 Å². The van der Waals surface area contributed by atoms with E-state index in [1.807, 2.05) is 38.1 Å². The predicted molar refractivity (Wildman–Crippen MR) is 78.5 cm³/mol. The molecule has 0 aliphatic rings. The van der Waals surface area contributed by atoms with Gasteiger partial charge < -0.3 is 19.6 Å². The van der Waals surface area contributed by atoms with Crippen molar-refractivity contribution in [2.24, 2.45) is 0 Å². The molecule has 1 heterocycles. The van der Waals surface area contributed by atoms with Gasteiger partial charge in [0.05, 0.1) is 13.2 Å². The van der Waals surface area contributed by atoms with Crippen molar-refractivity contribution < 1.29 is 19.1 Å². The van der Waals surface area contributed by atoms with Crippen molar-refractivity contribution in [2.45, 2.75) is 26.4 Å². The molecule has 2 N–H and O–H groups in total. The van der Waals surface area contributed by atoms with Crippen LogP contribution in [0.3, 0.4) is 0 Å². The van der Waals surface area contributed by atoms with E-state index in [0.717, 1.165) is 11.3 Å². The summed E-state index contributed by atoms with van der Waals surface area (Å²) in [5, 5.41) is 12.1. The van der Waals surface area contributed by atoms with Gasteiger partial charge in [0.25, 0.3) is 0 Å². The zero-order valence-electron chi connectivity index (χ0n) is 12.1. The molecule has 112 valence electrons. The Morgan fingerprint density at radius 3 is 2.57 bits per heavy atom. The number of hydrogen-bond acceptors (Lipinski definition) is 4. The quantitative estimate of drug-likeness (QED) is 0.818. The highest BCUT2D eigenvalue weighted by Crippen LogP contribution is 2.18. The molecule has 5 heteroatoms. The molecule has 0 saturated carbocycles.